The highest BCUT2D eigenvalue weighted by Crippen LogP contribution is 2.64. The number of rotatable bonds is 2. The maximum absolute atomic E-state index is 6.67. The Hall–Kier alpha value is -7.22. The molecule has 1 spiro atoms. The zero-order chi connectivity index (χ0) is 36.5. The zero-order valence-corrected chi connectivity index (χ0v) is 30.4. The van der Waals surface area contributed by atoms with Crippen molar-refractivity contribution in [1.29, 1.82) is 0 Å². The van der Waals surface area contributed by atoms with Crippen LogP contribution < -0.4 is 0 Å². The summed E-state index contributed by atoms with van der Waals surface area (Å²) >= 11 is 0. The molecule has 1 heterocycles. The van der Waals surface area contributed by atoms with Crippen molar-refractivity contribution < 1.29 is 4.42 Å². The molecule has 2 aliphatic carbocycles. The van der Waals surface area contributed by atoms with Crippen molar-refractivity contribution in [2.75, 3.05) is 0 Å². The highest BCUT2D eigenvalue weighted by molar-refractivity contribution is 6.19. The second-order valence-electron chi connectivity index (χ2n) is 15.5. The van der Waals surface area contributed by atoms with E-state index < -0.39 is 5.41 Å². The van der Waals surface area contributed by atoms with Crippen molar-refractivity contribution in [3.05, 3.63) is 216 Å². The first-order chi connectivity index (χ1) is 27.8. The summed E-state index contributed by atoms with van der Waals surface area (Å²) in [6.45, 7) is 0. The lowest BCUT2D eigenvalue weighted by Crippen LogP contribution is -2.25. The molecule has 13 rings (SSSR count). The van der Waals surface area contributed by atoms with Gasteiger partial charge in [0.2, 0.25) is 0 Å². The first kappa shape index (κ1) is 30.1. The number of fused-ring (bicyclic) bond motifs is 17. The fraction of sp³-hybridized carbons (Fsp3) is 0.0182. The van der Waals surface area contributed by atoms with Gasteiger partial charge in [-0.2, -0.15) is 0 Å². The van der Waals surface area contributed by atoms with E-state index in [2.05, 4.69) is 194 Å². The van der Waals surface area contributed by atoms with E-state index in [0.717, 1.165) is 27.3 Å². The molecule has 1 aromatic heterocycles. The van der Waals surface area contributed by atoms with Crippen LogP contribution in [0.5, 0.6) is 0 Å². The van der Waals surface area contributed by atoms with E-state index >= 15 is 0 Å². The molecule has 0 bridgehead atoms. The minimum absolute atomic E-state index is 0.469. The second-order valence-corrected chi connectivity index (χ2v) is 15.5. The number of furan rings is 1. The fourth-order valence-corrected chi connectivity index (χ4v) is 10.5. The normalized spacial score (nSPS) is 13.5. The molecule has 0 saturated carbocycles. The van der Waals surface area contributed by atoms with E-state index in [9.17, 15) is 0 Å². The van der Waals surface area contributed by atoms with Crippen molar-refractivity contribution in [1.82, 2.24) is 0 Å². The summed E-state index contributed by atoms with van der Waals surface area (Å²) in [6.07, 6.45) is 0. The lowest BCUT2D eigenvalue weighted by molar-refractivity contribution is 0.673. The second kappa shape index (κ2) is 10.9. The van der Waals surface area contributed by atoms with Crippen LogP contribution in [0.3, 0.4) is 0 Å². The molecule has 0 unspecified atom stereocenters. The van der Waals surface area contributed by atoms with E-state index in [4.69, 9.17) is 4.42 Å². The van der Waals surface area contributed by atoms with Gasteiger partial charge in [0.05, 0.1) is 5.41 Å². The summed E-state index contributed by atoms with van der Waals surface area (Å²) in [4.78, 5) is 0. The van der Waals surface area contributed by atoms with Crippen molar-refractivity contribution in [2.45, 2.75) is 5.41 Å². The van der Waals surface area contributed by atoms with Gasteiger partial charge in [0.25, 0.3) is 0 Å². The van der Waals surface area contributed by atoms with Gasteiger partial charge >= 0.3 is 0 Å². The molecule has 56 heavy (non-hydrogen) atoms. The fourth-order valence-electron chi connectivity index (χ4n) is 10.5. The monoisotopic (exact) mass is 708 g/mol. The summed E-state index contributed by atoms with van der Waals surface area (Å²) in [6, 6.07) is 72.2. The smallest absolute Gasteiger partial charge is 0.143 e. The Morgan fingerprint density at radius 3 is 1.77 bits per heavy atom. The van der Waals surface area contributed by atoms with E-state index in [1.165, 1.54) is 93.7 Å². The molecular formula is C55H32O. The molecule has 0 amide bonds. The van der Waals surface area contributed by atoms with E-state index in [-0.39, 0.29) is 0 Å². The molecule has 2 aliphatic rings. The number of benzene rings is 10. The molecule has 0 fully saturated rings. The Morgan fingerprint density at radius 1 is 0.304 bits per heavy atom. The van der Waals surface area contributed by atoms with Crippen molar-refractivity contribution in [3.63, 3.8) is 0 Å². The Bertz CT molecular complexity index is 3440. The maximum Gasteiger partial charge on any atom is 0.143 e. The summed E-state index contributed by atoms with van der Waals surface area (Å²) < 4.78 is 6.67. The standard InChI is InChI=1S/C55H32O/c1-2-13-35-29-37(24-23-33(35)11-1)39-18-9-14-36-30-51-47(32-46(36)39)44-27-26-38(31-50(44)55(51)48-20-7-5-16-42(48)43-17-6-8-21-49(43)55)40-19-10-22-52-53(40)45-28-25-34-12-3-4-15-41(34)54(45)56-52/h1-32H. The number of hydrogen-bond donors (Lipinski definition) is 0. The van der Waals surface area contributed by atoms with Crippen LogP contribution in [0.1, 0.15) is 22.3 Å². The van der Waals surface area contributed by atoms with E-state index in [1.807, 2.05) is 0 Å². The van der Waals surface area contributed by atoms with Crippen LogP contribution in [0.25, 0.3) is 98.8 Å². The van der Waals surface area contributed by atoms with Gasteiger partial charge in [-0.25, -0.2) is 0 Å². The molecule has 0 aliphatic heterocycles. The largest absolute Gasteiger partial charge is 0.455 e. The Balaban J connectivity index is 1.11. The van der Waals surface area contributed by atoms with Crippen molar-refractivity contribution in [2.24, 2.45) is 0 Å². The lowest BCUT2D eigenvalue weighted by Gasteiger charge is -2.31. The third-order valence-corrected chi connectivity index (χ3v) is 12.8. The first-order valence-corrected chi connectivity index (χ1v) is 19.5. The van der Waals surface area contributed by atoms with Gasteiger partial charge in [-0.3, -0.25) is 0 Å². The highest BCUT2D eigenvalue weighted by Gasteiger charge is 2.51. The molecule has 10 aromatic carbocycles. The Morgan fingerprint density at radius 2 is 0.911 bits per heavy atom. The Labute approximate surface area is 323 Å². The maximum atomic E-state index is 6.67. The highest BCUT2D eigenvalue weighted by atomic mass is 16.3. The molecular weight excluding hydrogens is 677 g/mol. The molecule has 258 valence electrons. The minimum Gasteiger partial charge on any atom is -0.455 e. The van der Waals surface area contributed by atoms with Crippen molar-refractivity contribution >= 4 is 54.3 Å². The van der Waals surface area contributed by atoms with Crippen LogP contribution >= 0.6 is 0 Å². The molecule has 0 atom stereocenters. The molecule has 0 saturated heterocycles. The van der Waals surface area contributed by atoms with E-state index in [1.54, 1.807) is 0 Å². The summed E-state index contributed by atoms with van der Waals surface area (Å²) in [5.74, 6) is 0. The van der Waals surface area contributed by atoms with Crippen LogP contribution in [0, 0.1) is 0 Å². The minimum atomic E-state index is -0.469. The van der Waals surface area contributed by atoms with Crippen LogP contribution in [0.4, 0.5) is 0 Å². The van der Waals surface area contributed by atoms with Crippen molar-refractivity contribution in [3.8, 4) is 44.5 Å². The van der Waals surface area contributed by atoms with Gasteiger partial charge in [-0.1, -0.05) is 158 Å². The SMILES string of the molecule is c1ccc2c(c1)-c1ccccc1C21c2cc(-c3cccc4oc5c6ccccc6ccc5c34)ccc2-c2cc3c(-c4ccc5ccccc5c4)cccc3cc21. The zero-order valence-electron chi connectivity index (χ0n) is 30.4. The topological polar surface area (TPSA) is 13.1 Å². The molecule has 1 heteroatoms. The van der Waals surface area contributed by atoms with Gasteiger partial charge < -0.3 is 4.42 Å². The van der Waals surface area contributed by atoms with Crippen LogP contribution in [-0.2, 0) is 5.41 Å². The summed E-state index contributed by atoms with van der Waals surface area (Å²) in [7, 11) is 0. The predicted molar refractivity (Wildman–Crippen MR) is 233 cm³/mol. The molecule has 0 radical (unpaired) electrons. The third kappa shape index (κ3) is 3.84. The lowest BCUT2D eigenvalue weighted by atomic mass is 9.70. The van der Waals surface area contributed by atoms with Gasteiger partial charge in [0.15, 0.2) is 0 Å². The first-order valence-electron chi connectivity index (χ1n) is 19.5. The van der Waals surface area contributed by atoms with Crippen LogP contribution in [-0.4, -0.2) is 0 Å². The van der Waals surface area contributed by atoms with Gasteiger partial charge in [-0.05, 0) is 130 Å². The molecule has 0 N–H and O–H groups in total. The average Bonchev–Trinajstić information content (AvgIpc) is 3.89. The third-order valence-electron chi connectivity index (χ3n) is 12.8. The predicted octanol–water partition coefficient (Wildman–Crippen LogP) is 14.7. The summed E-state index contributed by atoms with van der Waals surface area (Å²) in [5, 5.41) is 9.69. The molecule has 11 aromatic rings. The number of hydrogen-bond acceptors (Lipinski definition) is 1. The van der Waals surface area contributed by atoms with Gasteiger partial charge in [0, 0.05) is 16.2 Å². The van der Waals surface area contributed by atoms with Crippen LogP contribution in [0.2, 0.25) is 0 Å². The van der Waals surface area contributed by atoms with Gasteiger partial charge in [0.1, 0.15) is 11.2 Å². The van der Waals surface area contributed by atoms with Gasteiger partial charge in [-0.15, -0.1) is 0 Å². The Kier molecular flexibility index (Phi) is 5.89. The average molecular weight is 709 g/mol. The quantitative estimate of drug-likeness (QED) is 0.174. The van der Waals surface area contributed by atoms with E-state index in [0.29, 0.717) is 0 Å². The molecule has 1 nitrogen and oxygen atoms in total. The summed E-state index contributed by atoms with van der Waals surface area (Å²) in [5.41, 5.74) is 16.9. The van der Waals surface area contributed by atoms with Crippen LogP contribution in [0.15, 0.2) is 199 Å².